The van der Waals surface area contributed by atoms with E-state index in [1.165, 1.54) is 0 Å². The van der Waals surface area contributed by atoms with Crippen molar-refractivity contribution in [2.75, 3.05) is 5.32 Å². The van der Waals surface area contributed by atoms with Gasteiger partial charge in [0.2, 0.25) is 5.91 Å². The number of hydrogen-bond donors (Lipinski definition) is 2. The lowest BCUT2D eigenvalue weighted by Crippen LogP contribution is -2.19. The smallest absolute Gasteiger partial charge is 0.382 e. The minimum atomic E-state index is -4.11. The molecular weight excluding hydrogens is 269 g/mol. The summed E-state index contributed by atoms with van der Waals surface area (Å²) in [4.78, 5) is 11.0. The largest absolute Gasteiger partial charge is 0.389 e. The Morgan fingerprint density at radius 3 is 2.60 bits per heavy atom. The van der Waals surface area contributed by atoms with Crippen molar-refractivity contribution in [1.29, 1.82) is 0 Å². The Hall–Kier alpha value is -1.72. The van der Waals surface area contributed by atoms with Gasteiger partial charge in [0.15, 0.2) is 0 Å². The Balaban J connectivity index is 2.53. The molecule has 1 aromatic rings. The number of hydrogen-bond acceptors (Lipinski definition) is 2. The van der Waals surface area contributed by atoms with Crippen LogP contribution in [0.1, 0.15) is 31.7 Å². The molecule has 3 N–H and O–H groups in total. The third-order valence-electron chi connectivity index (χ3n) is 2.88. The quantitative estimate of drug-likeness (QED) is 0.809. The van der Waals surface area contributed by atoms with Crippen molar-refractivity contribution in [2.45, 2.75) is 44.8 Å². The fourth-order valence-corrected chi connectivity index (χ4v) is 1.95. The molecule has 112 valence electrons. The summed E-state index contributed by atoms with van der Waals surface area (Å²) in [6.45, 7) is 1.82. The van der Waals surface area contributed by atoms with Crippen molar-refractivity contribution in [1.82, 2.24) is 0 Å². The van der Waals surface area contributed by atoms with Crippen molar-refractivity contribution in [3.05, 3.63) is 29.8 Å². The molecule has 1 atom stereocenters. The highest BCUT2D eigenvalue weighted by Crippen LogP contribution is 2.24. The van der Waals surface area contributed by atoms with Gasteiger partial charge in [-0.05, 0) is 31.4 Å². The summed E-state index contributed by atoms with van der Waals surface area (Å²) in [5.41, 5.74) is 6.65. The molecule has 0 heterocycles. The first-order valence-electron chi connectivity index (χ1n) is 6.47. The topological polar surface area (TPSA) is 55.1 Å². The van der Waals surface area contributed by atoms with Gasteiger partial charge in [-0.15, -0.1) is 0 Å². The second kappa shape index (κ2) is 7.17. The van der Waals surface area contributed by atoms with Crippen molar-refractivity contribution >= 4 is 11.6 Å². The zero-order valence-electron chi connectivity index (χ0n) is 11.3. The second-order valence-electron chi connectivity index (χ2n) is 4.85. The molecule has 1 aromatic carbocycles. The van der Waals surface area contributed by atoms with Crippen molar-refractivity contribution < 1.29 is 18.0 Å². The van der Waals surface area contributed by atoms with Crippen molar-refractivity contribution in [3.8, 4) is 0 Å². The molecule has 0 aliphatic rings. The fraction of sp³-hybridized carbons (Fsp3) is 0.500. The molecule has 1 unspecified atom stereocenters. The number of benzene rings is 1. The minimum Gasteiger partial charge on any atom is -0.382 e. The number of nitrogens with one attached hydrogen (secondary N) is 1. The zero-order valence-corrected chi connectivity index (χ0v) is 11.3. The van der Waals surface area contributed by atoms with Crippen LogP contribution in [0.5, 0.6) is 0 Å². The molecule has 1 amide bonds. The molecule has 3 nitrogen and oxygen atoms in total. The maximum Gasteiger partial charge on any atom is 0.389 e. The van der Waals surface area contributed by atoms with Crippen LogP contribution < -0.4 is 11.1 Å². The van der Waals surface area contributed by atoms with Crippen LogP contribution in [-0.2, 0) is 11.2 Å². The first-order chi connectivity index (χ1) is 9.28. The minimum absolute atomic E-state index is 0.0790. The van der Waals surface area contributed by atoms with Crippen LogP contribution in [0.15, 0.2) is 24.3 Å². The molecule has 20 heavy (non-hydrogen) atoms. The Morgan fingerprint density at radius 2 is 2.00 bits per heavy atom. The van der Waals surface area contributed by atoms with Gasteiger partial charge in [-0.25, -0.2) is 0 Å². The summed E-state index contributed by atoms with van der Waals surface area (Å²) in [6, 6.07) is 7.05. The molecule has 0 saturated carbocycles. The van der Waals surface area contributed by atoms with Gasteiger partial charge in [-0.2, -0.15) is 13.2 Å². The standard InChI is InChI=1S/C14H19F3N2O/c1-10(5-4-8-14(15,16)17)19-12-7-3-2-6-11(12)9-13(18)20/h2-3,6-7,10,19H,4-5,8-9H2,1H3,(H2,18,20). The van der Waals surface area contributed by atoms with Crippen LogP contribution in [0, 0.1) is 0 Å². The first-order valence-corrected chi connectivity index (χ1v) is 6.47. The Labute approximate surface area is 116 Å². The number of primary amides is 1. The molecule has 0 saturated heterocycles. The normalized spacial score (nSPS) is 13.0. The Morgan fingerprint density at radius 1 is 1.35 bits per heavy atom. The van der Waals surface area contributed by atoms with Crippen LogP contribution in [0.2, 0.25) is 0 Å². The average Bonchev–Trinajstić information content (AvgIpc) is 2.29. The van der Waals surface area contributed by atoms with Gasteiger partial charge in [-0.1, -0.05) is 18.2 Å². The number of rotatable bonds is 7. The summed E-state index contributed by atoms with van der Waals surface area (Å²) in [7, 11) is 0. The molecule has 1 rings (SSSR count). The number of alkyl halides is 3. The highest BCUT2D eigenvalue weighted by Gasteiger charge is 2.26. The maximum atomic E-state index is 12.1. The lowest BCUT2D eigenvalue weighted by molar-refractivity contribution is -0.135. The van der Waals surface area contributed by atoms with Crippen LogP contribution in [0.25, 0.3) is 0 Å². The lowest BCUT2D eigenvalue weighted by Gasteiger charge is -2.18. The van der Waals surface area contributed by atoms with Gasteiger partial charge >= 0.3 is 6.18 Å². The molecular formula is C14H19F3N2O. The predicted octanol–water partition coefficient (Wildman–Crippen LogP) is 3.25. The van der Waals surface area contributed by atoms with E-state index in [-0.39, 0.29) is 18.9 Å². The summed E-state index contributed by atoms with van der Waals surface area (Å²) in [6.07, 6.45) is -4.29. The summed E-state index contributed by atoms with van der Waals surface area (Å²) in [5, 5.41) is 3.13. The zero-order chi connectivity index (χ0) is 15.2. The van der Waals surface area contributed by atoms with E-state index in [1.54, 1.807) is 24.3 Å². The monoisotopic (exact) mass is 288 g/mol. The molecule has 0 aliphatic carbocycles. The second-order valence-corrected chi connectivity index (χ2v) is 4.85. The van der Waals surface area contributed by atoms with E-state index in [9.17, 15) is 18.0 Å². The Bertz CT molecular complexity index is 446. The SMILES string of the molecule is CC(CCCC(F)(F)F)Nc1ccccc1CC(N)=O. The van der Waals surface area contributed by atoms with Crippen LogP contribution in [-0.4, -0.2) is 18.1 Å². The van der Waals surface area contributed by atoms with Gasteiger partial charge in [0.25, 0.3) is 0 Å². The van der Waals surface area contributed by atoms with Crippen LogP contribution >= 0.6 is 0 Å². The van der Waals surface area contributed by atoms with Gasteiger partial charge in [0, 0.05) is 18.2 Å². The number of anilines is 1. The van der Waals surface area contributed by atoms with E-state index in [0.29, 0.717) is 6.42 Å². The van der Waals surface area contributed by atoms with E-state index >= 15 is 0 Å². The number of carbonyl (C=O) groups is 1. The highest BCUT2D eigenvalue weighted by atomic mass is 19.4. The van der Waals surface area contributed by atoms with E-state index in [2.05, 4.69) is 5.32 Å². The molecule has 0 bridgehead atoms. The Kier molecular flexibility index (Phi) is 5.85. The fourth-order valence-electron chi connectivity index (χ4n) is 1.95. The van der Waals surface area contributed by atoms with Crippen LogP contribution in [0.3, 0.4) is 0 Å². The predicted molar refractivity (Wildman–Crippen MR) is 72.3 cm³/mol. The van der Waals surface area contributed by atoms with E-state index in [4.69, 9.17) is 5.73 Å². The van der Waals surface area contributed by atoms with E-state index in [1.807, 2.05) is 6.92 Å². The summed E-state index contributed by atoms with van der Waals surface area (Å²) >= 11 is 0. The maximum absolute atomic E-state index is 12.1. The number of nitrogens with two attached hydrogens (primary N) is 1. The van der Waals surface area contributed by atoms with Crippen molar-refractivity contribution in [2.24, 2.45) is 5.73 Å². The molecule has 0 aromatic heterocycles. The van der Waals surface area contributed by atoms with E-state index < -0.39 is 18.5 Å². The molecule has 0 fully saturated rings. The van der Waals surface area contributed by atoms with Gasteiger partial charge in [0.05, 0.1) is 6.42 Å². The van der Waals surface area contributed by atoms with Gasteiger partial charge < -0.3 is 11.1 Å². The average molecular weight is 288 g/mol. The first kappa shape index (κ1) is 16.3. The number of halogens is 3. The summed E-state index contributed by atoms with van der Waals surface area (Å²) < 4.78 is 36.2. The van der Waals surface area contributed by atoms with E-state index in [0.717, 1.165) is 11.3 Å². The van der Waals surface area contributed by atoms with Gasteiger partial charge in [-0.3, -0.25) is 4.79 Å². The highest BCUT2D eigenvalue weighted by molar-refractivity contribution is 5.78. The number of carbonyl (C=O) groups excluding carboxylic acids is 1. The third-order valence-corrected chi connectivity index (χ3v) is 2.88. The molecule has 6 heteroatoms. The lowest BCUT2D eigenvalue weighted by atomic mass is 10.1. The molecule has 0 spiro atoms. The summed E-state index contributed by atoms with van der Waals surface area (Å²) in [5.74, 6) is -0.441. The molecule has 0 aliphatic heterocycles. The number of para-hydroxylation sites is 1. The van der Waals surface area contributed by atoms with Crippen LogP contribution in [0.4, 0.5) is 18.9 Å². The molecule has 0 radical (unpaired) electrons. The van der Waals surface area contributed by atoms with Crippen molar-refractivity contribution in [3.63, 3.8) is 0 Å². The van der Waals surface area contributed by atoms with Gasteiger partial charge in [0.1, 0.15) is 0 Å². The third kappa shape index (κ3) is 6.45. The number of amides is 1.